The summed E-state index contributed by atoms with van der Waals surface area (Å²) in [6.45, 7) is 0. The summed E-state index contributed by atoms with van der Waals surface area (Å²) in [6.07, 6.45) is 7.76. The Hall–Kier alpha value is -2.88. The molecule has 0 saturated heterocycles. The lowest BCUT2D eigenvalue weighted by atomic mass is 9.91. The molecule has 0 N–H and O–H groups in total. The van der Waals surface area contributed by atoms with Gasteiger partial charge in [-0.05, 0) is 54.2 Å². The molecule has 7 heteroatoms. The van der Waals surface area contributed by atoms with Crippen molar-refractivity contribution in [2.24, 2.45) is 0 Å². The Bertz CT molecular complexity index is 800. The smallest absolute Gasteiger partial charge is 0.384 e. The van der Waals surface area contributed by atoms with Gasteiger partial charge in [0.1, 0.15) is 17.1 Å². The highest BCUT2D eigenvalue weighted by Gasteiger charge is 2.28. The number of esters is 1. The molecule has 0 spiro atoms. The maximum Gasteiger partial charge on any atom is 0.384 e. The molecule has 1 saturated carbocycles. The molecule has 1 aliphatic carbocycles. The fraction of sp³-hybridized carbons (Fsp3) is 0.412. The van der Waals surface area contributed by atoms with Crippen LogP contribution in [0.1, 0.15) is 36.0 Å². The molecular weight excluding hydrogens is 310 g/mol. The first-order chi connectivity index (χ1) is 11.6. The zero-order valence-corrected chi connectivity index (χ0v) is 13.3. The molecular formula is C17H17N3O4. The van der Waals surface area contributed by atoms with Crippen LogP contribution >= 0.6 is 0 Å². The van der Waals surface area contributed by atoms with Crippen molar-refractivity contribution in [3.05, 3.63) is 23.8 Å². The van der Waals surface area contributed by atoms with Crippen LogP contribution in [0.4, 0.5) is 0 Å². The zero-order chi connectivity index (χ0) is 17.1. The van der Waals surface area contributed by atoms with Crippen molar-refractivity contribution < 1.29 is 19.0 Å². The zero-order valence-electron chi connectivity index (χ0n) is 13.3. The number of ether oxygens (including phenoxy) is 1. The Morgan fingerprint density at radius 3 is 2.67 bits per heavy atom. The number of rotatable bonds is 3. The molecule has 124 valence electrons. The summed E-state index contributed by atoms with van der Waals surface area (Å²) in [5.41, 5.74) is 1.71. The largest absolute Gasteiger partial charge is 0.453 e. The van der Waals surface area contributed by atoms with Gasteiger partial charge in [-0.2, -0.15) is 0 Å². The second-order valence-corrected chi connectivity index (χ2v) is 5.86. The molecule has 0 unspecified atom stereocenters. The summed E-state index contributed by atoms with van der Waals surface area (Å²) in [5, 5.41) is 7.48. The first-order valence-corrected chi connectivity index (χ1v) is 7.75. The van der Waals surface area contributed by atoms with E-state index in [-0.39, 0.29) is 18.1 Å². The van der Waals surface area contributed by atoms with E-state index in [1.165, 1.54) is 0 Å². The number of amides is 1. The molecule has 2 aromatic rings. The summed E-state index contributed by atoms with van der Waals surface area (Å²) < 4.78 is 9.80. The Balaban J connectivity index is 1.62. The average molecular weight is 327 g/mol. The number of hydrogen-bond acceptors (Lipinski definition) is 6. The third-order valence-corrected chi connectivity index (χ3v) is 4.40. The maximum absolute atomic E-state index is 12.7. The fourth-order valence-electron chi connectivity index (χ4n) is 3.02. The van der Waals surface area contributed by atoms with E-state index in [0.717, 1.165) is 12.8 Å². The van der Waals surface area contributed by atoms with E-state index in [1.807, 2.05) is 5.92 Å². The van der Waals surface area contributed by atoms with Crippen molar-refractivity contribution in [3.8, 4) is 12.3 Å². The molecule has 1 amide bonds. The van der Waals surface area contributed by atoms with Gasteiger partial charge in [0, 0.05) is 24.6 Å². The third kappa shape index (κ3) is 3.23. The van der Waals surface area contributed by atoms with Crippen LogP contribution in [-0.4, -0.2) is 46.3 Å². The van der Waals surface area contributed by atoms with Crippen LogP contribution in [0.2, 0.25) is 0 Å². The van der Waals surface area contributed by atoms with Crippen LogP contribution in [0.15, 0.2) is 22.8 Å². The van der Waals surface area contributed by atoms with Gasteiger partial charge in [0.05, 0.1) is 0 Å². The summed E-state index contributed by atoms with van der Waals surface area (Å²) in [5.74, 6) is 1.25. The first-order valence-electron chi connectivity index (χ1n) is 7.75. The van der Waals surface area contributed by atoms with Crippen LogP contribution in [0.5, 0.6) is 0 Å². The van der Waals surface area contributed by atoms with Crippen molar-refractivity contribution in [1.82, 2.24) is 15.2 Å². The lowest BCUT2D eigenvalue weighted by Crippen LogP contribution is -2.41. The highest BCUT2D eigenvalue weighted by molar-refractivity contribution is 5.97. The lowest BCUT2D eigenvalue weighted by Gasteiger charge is -2.34. The molecule has 0 aliphatic heterocycles. The lowest BCUT2D eigenvalue weighted by molar-refractivity contribution is -0.143. The van der Waals surface area contributed by atoms with Gasteiger partial charge in [0.25, 0.3) is 5.91 Å². The van der Waals surface area contributed by atoms with Gasteiger partial charge >= 0.3 is 5.97 Å². The number of terminal acetylenes is 1. The van der Waals surface area contributed by atoms with Crippen LogP contribution in [0, 0.1) is 12.3 Å². The van der Waals surface area contributed by atoms with Crippen molar-refractivity contribution >= 4 is 22.9 Å². The van der Waals surface area contributed by atoms with E-state index in [0.29, 0.717) is 29.4 Å². The second-order valence-electron chi connectivity index (χ2n) is 5.86. The number of carbonyl (C=O) groups is 2. The van der Waals surface area contributed by atoms with Crippen molar-refractivity contribution in [2.45, 2.75) is 37.8 Å². The molecule has 3 rings (SSSR count). The highest BCUT2D eigenvalue weighted by Crippen LogP contribution is 2.26. The van der Waals surface area contributed by atoms with Crippen LogP contribution < -0.4 is 0 Å². The van der Waals surface area contributed by atoms with E-state index < -0.39 is 5.97 Å². The molecule has 1 fully saturated rings. The Kier molecular flexibility index (Phi) is 4.47. The first kappa shape index (κ1) is 16.0. The molecule has 0 bridgehead atoms. The fourth-order valence-corrected chi connectivity index (χ4v) is 3.02. The van der Waals surface area contributed by atoms with E-state index in [9.17, 15) is 9.59 Å². The molecule has 0 atom stereocenters. The molecule has 7 nitrogen and oxygen atoms in total. The summed E-state index contributed by atoms with van der Waals surface area (Å²) in [7, 11) is 1.78. The molecule has 24 heavy (non-hydrogen) atoms. The number of hydrogen-bond donors (Lipinski definition) is 0. The number of benzene rings is 1. The van der Waals surface area contributed by atoms with E-state index in [2.05, 4.69) is 14.9 Å². The summed E-state index contributed by atoms with van der Waals surface area (Å²) in [6, 6.07) is 5.20. The summed E-state index contributed by atoms with van der Waals surface area (Å²) in [4.78, 5) is 25.5. The molecule has 1 aliphatic rings. The molecule has 0 radical (unpaired) electrons. The number of nitrogens with zero attached hydrogens (tertiary/aromatic N) is 3. The van der Waals surface area contributed by atoms with Gasteiger partial charge in [0.15, 0.2) is 0 Å². The SMILES string of the molecule is C#CC(=O)OC1CCC(N(C)C(=O)c2ccc3nonc3c2)CC1. The molecule has 1 aromatic carbocycles. The van der Waals surface area contributed by atoms with Gasteiger partial charge in [0.2, 0.25) is 0 Å². The van der Waals surface area contributed by atoms with Crippen molar-refractivity contribution in [1.29, 1.82) is 0 Å². The number of carbonyl (C=O) groups excluding carboxylic acids is 2. The van der Waals surface area contributed by atoms with Crippen molar-refractivity contribution in [3.63, 3.8) is 0 Å². The number of aromatic nitrogens is 2. The highest BCUT2D eigenvalue weighted by atomic mass is 16.6. The van der Waals surface area contributed by atoms with Gasteiger partial charge in [-0.3, -0.25) is 4.79 Å². The standard InChI is InChI=1S/C17H17N3O4/c1-3-16(21)23-13-7-5-12(6-8-13)20(2)17(22)11-4-9-14-15(10-11)19-24-18-14/h1,4,9-10,12-13H,5-8H2,2H3. The maximum atomic E-state index is 12.7. The van der Waals surface area contributed by atoms with Gasteiger partial charge in [-0.1, -0.05) is 0 Å². The van der Waals surface area contributed by atoms with E-state index >= 15 is 0 Å². The quantitative estimate of drug-likeness (QED) is 0.485. The van der Waals surface area contributed by atoms with Crippen LogP contribution in [-0.2, 0) is 9.53 Å². The predicted octanol–water partition coefficient (Wildman–Crippen LogP) is 1.78. The van der Waals surface area contributed by atoms with Crippen LogP contribution in [0.3, 0.4) is 0 Å². The van der Waals surface area contributed by atoms with E-state index in [4.69, 9.17) is 11.2 Å². The number of fused-ring (bicyclic) bond motifs is 1. The monoisotopic (exact) mass is 327 g/mol. The minimum absolute atomic E-state index is 0.0797. The van der Waals surface area contributed by atoms with Gasteiger partial charge in [-0.25, -0.2) is 9.42 Å². The minimum atomic E-state index is -0.627. The molecule has 1 heterocycles. The Morgan fingerprint density at radius 1 is 1.25 bits per heavy atom. The topological polar surface area (TPSA) is 85.5 Å². The Morgan fingerprint density at radius 2 is 1.96 bits per heavy atom. The average Bonchev–Trinajstić information content (AvgIpc) is 3.08. The molecule has 1 aromatic heterocycles. The minimum Gasteiger partial charge on any atom is -0.453 e. The predicted molar refractivity (Wildman–Crippen MR) is 84.9 cm³/mol. The van der Waals surface area contributed by atoms with Gasteiger partial charge < -0.3 is 9.64 Å². The van der Waals surface area contributed by atoms with Crippen LogP contribution in [0.25, 0.3) is 11.0 Å². The van der Waals surface area contributed by atoms with Crippen molar-refractivity contribution in [2.75, 3.05) is 7.05 Å². The Labute approximate surface area is 138 Å². The normalized spacial score (nSPS) is 20.3. The van der Waals surface area contributed by atoms with Gasteiger partial charge in [-0.15, -0.1) is 6.42 Å². The van der Waals surface area contributed by atoms with E-state index in [1.54, 1.807) is 30.1 Å². The third-order valence-electron chi connectivity index (χ3n) is 4.40. The second kappa shape index (κ2) is 6.71. The summed E-state index contributed by atoms with van der Waals surface area (Å²) >= 11 is 0.